The maximum absolute atomic E-state index is 6.16. The van der Waals surface area contributed by atoms with Crippen LogP contribution in [0.2, 0.25) is 0 Å². The summed E-state index contributed by atoms with van der Waals surface area (Å²) in [6, 6.07) is 8.74. The second-order valence-corrected chi connectivity index (χ2v) is 8.18. The summed E-state index contributed by atoms with van der Waals surface area (Å²) in [5.74, 6) is 1.28. The van der Waals surface area contributed by atoms with Gasteiger partial charge in [0, 0.05) is 58.8 Å². The Hall–Kier alpha value is -0.900. The Balaban J connectivity index is 0.00000320. The minimum atomic E-state index is -0.209. The highest BCUT2D eigenvalue weighted by Gasteiger charge is 2.32. The molecule has 1 aromatic rings. The molecular weight excluding hydrogens is 493 g/mol. The van der Waals surface area contributed by atoms with E-state index in [1.165, 1.54) is 11.1 Å². The number of nitrogens with one attached hydrogen (secondary N) is 2. The van der Waals surface area contributed by atoms with Crippen LogP contribution in [0.25, 0.3) is 0 Å². The first-order chi connectivity index (χ1) is 14.2. The highest BCUT2D eigenvalue weighted by molar-refractivity contribution is 14.0. The maximum atomic E-state index is 6.16. The minimum Gasteiger partial charge on any atom is -0.381 e. The lowest BCUT2D eigenvalue weighted by molar-refractivity contribution is -0.0829. The molecule has 7 heteroatoms. The van der Waals surface area contributed by atoms with Crippen molar-refractivity contribution in [3.05, 3.63) is 35.4 Å². The molecule has 2 unspecified atom stereocenters. The molecule has 2 atom stereocenters. The number of methoxy groups -OCH3 is 1. The van der Waals surface area contributed by atoms with Gasteiger partial charge in [0.1, 0.15) is 0 Å². The third-order valence-electron chi connectivity index (χ3n) is 6.09. The van der Waals surface area contributed by atoms with E-state index < -0.39 is 0 Å². The third-order valence-corrected chi connectivity index (χ3v) is 6.09. The normalized spacial score (nSPS) is 24.0. The number of benzene rings is 1. The molecule has 0 saturated carbocycles. The first-order valence-electron chi connectivity index (χ1n) is 11.0. The molecule has 2 saturated heterocycles. The first-order valence-corrected chi connectivity index (χ1v) is 11.0. The summed E-state index contributed by atoms with van der Waals surface area (Å²) in [5.41, 5.74) is 2.34. The van der Waals surface area contributed by atoms with E-state index in [0.717, 1.165) is 64.6 Å². The molecule has 170 valence electrons. The van der Waals surface area contributed by atoms with Crippen molar-refractivity contribution in [3.63, 3.8) is 0 Å². The number of ether oxygens (including phenoxy) is 3. The van der Waals surface area contributed by atoms with Crippen LogP contribution in [0.1, 0.15) is 49.8 Å². The van der Waals surface area contributed by atoms with Crippen molar-refractivity contribution in [1.82, 2.24) is 10.6 Å². The van der Waals surface area contributed by atoms with Gasteiger partial charge < -0.3 is 24.8 Å². The van der Waals surface area contributed by atoms with Crippen LogP contribution in [0.15, 0.2) is 29.3 Å². The smallest absolute Gasteiger partial charge is 0.191 e. The number of nitrogens with zero attached hydrogens (tertiary/aromatic N) is 1. The highest BCUT2D eigenvalue weighted by atomic mass is 127. The molecule has 30 heavy (non-hydrogen) atoms. The second kappa shape index (κ2) is 12.8. The number of hydrogen-bond donors (Lipinski definition) is 2. The topological polar surface area (TPSA) is 64.1 Å². The molecule has 0 radical (unpaired) electrons. The van der Waals surface area contributed by atoms with Crippen LogP contribution in [0.5, 0.6) is 0 Å². The molecule has 1 aromatic carbocycles. The largest absolute Gasteiger partial charge is 0.381 e. The van der Waals surface area contributed by atoms with Crippen LogP contribution in [-0.2, 0) is 14.2 Å². The van der Waals surface area contributed by atoms with Crippen LogP contribution in [0.4, 0.5) is 0 Å². The monoisotopic (exact) mass is 531 g/mol. The Labute approximate surface area is 198 Å². The summed E-state index contributed by atoms with van der Waals surface area (Å²) in [5, 5.41) is 6.93. The minimum absolute atomic E-state index is 0. The molecule has 2 aliphatic heterocycles. The number of guanidine groups is 1. The maximum Gasteiger partial charge on any atom is 0.191 e. The SMILES string of the molecule is CCNC(=NCC1(OC)CCOCC1)NCC1CCCOC1c1ccc(C)cc1.I. The van der Waals surface area contributed by atoms with Crippen molar-refractivity contribution in [2.45, 2.75) is 51.2 Å². The Morgan fingerprint density at radius 3 is 2.57 bits per heavy atom. The Morgan fingerprint density at radius 1 is 1.17 bits per heavy atom. The van der Waals surface area contributed by atoms with Gasteiger partial charge in [-0.3, -0.25) is 4.99 Å². The first kappa shape index (κ1) is 25.4. The van der Waals surface area contributed by atoms with Gasteiger partial charge in [-0.1, -0.05) is 29.8 Å². The molecule has 0 spiro atoms. The van der Waals surface area contributed by atoms with Gasteiger partial charge in [-0.05, 0) is 32.3 Å². The van der Waals surface area contributed by atoms with Crippen LogP contribution < -0.4 is 10.6 Å². The van der Waals surface area contributed by atoms with E-state index in [2.05, 4.69) is 48.7 Å². The van der Waals surface area contributed by atoms with Gasteiger partial charge in [-0.25, -0.2) is 0 Å². The van der Waals surface area contributed by atoms with E-state index in [-0.39, 0.29) is 35.7 Å². The number of aryl methyl sites for hydroxylation is 1. The summed E-state index contributed by atoms with van der Waals surface area (Å²) in [7, 11) is 1.78. The second-order valence-electron chi connectivity index (χ2n) is 8.18. The van der Waals surface area contributed by atoms with Gasteiger partial charge in [0.2, 0.25) is 0 Å². The molecule has 6 nitrogen and oxygen atoms in total. The van der Waals surface area contributed by atoms with Crippen molar-refractivity contribution in [2.75, 3.05) is 46.6 Å². The molecule has 2 heterocycles. The van der Waals surface area contributed by atoms with Crippen molar-refractivity contribution in [1.29, 1.82) is 0 Å². The number of hydrogen-bond acceptors (Lipinski definition) is 4. The molecule has 2 aliphatic rings. The van der Waals surface area contributed by atoms with Gasteiger partial charge in [0.25, 0.3) is 0 Å². The van der Waals surface area contributed by atoms with Gasteiger partial charge in [0.15, 0.2) is 5.96 Å². The lowest BCUT2D eigenvalue weighted by atomic mass is 9.89. The van der Waals surface area contributed by atoms with Crippen molar-refractivity contribution in [2.24, 2.45) is 10.9 Å². The van der Waals surface area contributed by atoms with Gasteiger partial charge in [0.05, 0.1) is 18.2 Å². The van der Waals surface area contributed by atoms with Crippen LogP contribution in [0.3, 0.4) is 0 Å². The van der Waals surface area contributed by atoms with E-state index in [1.807, 2.05) is 0 Å². The molecule has 2 fully saturated rings. The van der Waals surface area contributed by atoms with Crippen LogP contribution in [-0.4, -0.2) is 58.1 Å². The predicted molar refractivity (Wildman–Crippen MR) is 132 cm³/mol. The predicted octanol–water partition coefficient (Wildman–Crippen LogP) is 3.83. The number of rotatable bonds is 7. The molecular formula is C23H38IN3O3. The number of aliphatic imine (C=N–C) groups is 1. The van der Waals surface area contributed by atoms with Gasteiger partial charge in [-0.15, -0.1) is 24.0 Å². The Kier molecular flexibility index (Phi) is 10.8. The summed E-state index contributed by atoms with van der Waals surface area (Å²) in [6.45, 7) is 8.85. The van der Waals surface area contributed by atoms with Crippen LogP contribution >= 0.6 is 24.0 Å². The standard InChI is InChI=1S/C23H37N3O3.HI/c1-4-24-22(26-17-23(27-3)11-14-28-15-12-23)25-16-20-6-5-13-29-21(20)19-9-7-18(2)8-10-19;/h7-10,20-21H,4-6,11-17H2,1-3H3,(H2,24,25,26);1H. The van der Waals surface area contributed by atoms with E-state index in [0.29, 0.717) is 12.5 Å². The summed E-state index contributed by atoms with van der Waals surface area (Å²) in [4.78, 5) is 4.85. The van der Waals surface area contributed by atoms with Crippen molar-refractivity contribution < 1.29 is 14.2 Å². The van der Waals surface area contributed by atoms with E-state index in [9.17, 15) is 0 Å². The fourth-order valence-electron chi connectivity index (χ4n) is 4.14. The van der Waals surface area contributed by atoms with Crippen molar-refractivity contribution in [3.8, 4) is 0 Å². The summed E-state index contributed by atoms with van der Waals surface area (Å²) in [6.07, 6.45) is 4.18. The molecule has 0 aromatic heterocycles. The molecule has 0 bridgehead atoms. The van der Waals surface area contributed by atoms with Crippen molar-refractivity contribution >= 4 is 29.9 Å². The summed E-state index contributed by atoms with van der Waals surface area (Å²) >= 11 is 0. The fraction of sp³-hybridized carbons (Fsp3) is 0.696. The average molecular weight is 531 g/mol. The zero-order chi connectivity index (χ0) is 20.5. The van der Waals surface area contributed by atoms with E-state index in [1.54, 1.807) is 7.11 Å². The zero-order valence-corrected chi connectivity index (χ0v) is 20.9. The van der Waals surface area contributed by atoms with Crippen LogP contribution in [0, 0.1) is 12.8 Å². The summed E-state index contributed by atoms with van der Waals surface area (Å²) < 4.78 is 17.5. The Morgan fingerprint density at radius 2 is 1.90 bits per heavy atom. The molecule has 0 aliphatic carbocycles. The Bertz CT molecular complexity index is 648. The molecule has 3 rings (SSSR count). The zero-order valence-electron chi connectivity index (χ0n) is 18.6. The highest BCUT2D eigenvalue weighted by Crippen LogP contribution is 2.33. The third kappa shape index (κ3) is 7.07. The fourth-order valence-corrected chi connectivity index (χ4v) is 4.14. The van der Waals surface area contributed by atoms with Gasteiger partial charge >= 0.3 is 0 Å². The molecule has 2 N–H and O–H groups in total. The number of halogens is 1. The average Bonchev–Trinajstić information content (AvgIpc) is 2.77. The van der Waals surface area contributed by atoms with E-state index >= 15 is 0 Å². The molecule has 0 amide bonds. The lowest BCUT2D eigenvalue weighted by Gasteiger charge is -2.35. The quantitative estimate of drug-likeness (QED) is 0.318. The van der Waals surface area contributed by atoms with E-state index in [4.69, 9.17) is 19.2 Å². The van der Waals surface area contributed by atoms with Gasteiger partial charge in [-0.2, -0.15) is 0 Å². The lowest BCUT2D eigenvalue weighted by Crippen LogP contribution is -2.45.